The Morgan fingerprint density at radius 2 is 1.86 bits per heavy atom. The zero-order valence-electron chi connectivity index (χ0n) is 20.6. The molecule has 184 valence electrons. The Labute approximate surface area is 205 Å². The standard InChI is InChI=1S/C28H31FN2O4/c1-5-9-20-19-10-6-7-11-21(19)28(26(20)34)23(24(32)18-13-12-17(2)22(29)16-18)25(33)27(35)31(28)15-8-14-30(3)4/h6-7,10-13,16,20,32H,5,8-9,14-15H2,1-4H3/b24-23-/t20?,28-/m1/s1. The molecule has 2 aliphatic rings. The van der Waals surface area contributed by atoms with Gasteiger partial charge in [-0.2, -0.15) is 0 Å². The number of halogens is 1. The van der Waals surface area contributed by atoms with Gasteiger partial charge in [-0.05, 0) is 63.2 Å². The van der Waals surface area contributed by atoms with Crippen LogP contribution in [0.1, 0.15) is 54.4 Å². The number of rotatable bonds is 7. The highest BCUT2D eigenvalue weighted by atomic mass is 19.1. The Morgan fingerprint density at radius 1 is 1.14 bits per heavy atom. The third-order valence-electron chi connectivity index (χ3n) is 7.08. The van der Waals surface area contributed by atoms with Crippen LogP contribution < -0.4 is 0 Å². The number of carbonyl (C=O) groups excluding carboxylic acids is 3. The molecule has 6 nitrogen and oxygen atoms in total. The molecule has 1 N–H and O–H groups in total. The lowest BCUT2D eigenvalue weighted by Crippen LogP contribution is -2.49. The van der Waals surface area contributed by atoms with Gasteiger partial charge in [0, 0.05) is 18.0 Å². The number of fused-ring (bicyclic) bond motifs is 2. The smallest absolute Gasteiger partial charge is 0.296 e. The molecule has 7 heteroatoms. The molecule has 1 heterocycles. The monoisotopic (exact) mass is 478 g/mol. The number of amides is 1. The van der Waals surface area contributed by atoms with Crippen LogP contribution in [0.2, 0.25) is 0 Å². The quantitative estimate of drug-likeness (QED) is 0.368. The molecule has 0 radical (unpaired) electrons. The Morgan fingerprint density at radius 3 is 2.51 bits per heavy atom. The molecular formula is C28H31FN2O4. The van der Waals surface area contributed by atoms with E-state index in [0.717, 1.165) is 18.1 Å². The van der Waals surface area contributed by atoms with Gasteiger partial charge in [-0.15, -0.1) is 0 Å². The molecule has 1 saturated heterocycles. The lowest BCUT2D eigenvalue weighted by atomic mass is 9.80. The molecule has 1 fully saturated rings. The third kappa shape index (κ3) is 3.78. The lowest BCUT2D eigenvalue weighted by Gasteiger charge is -2.35. The average Bonchev–Trinajstić information content (AvgIpc) is 3.19. The van der Waals surface area contributed by atoms with Crippen molar-refractivity contribution in [2.75, 3.05) is 27.2 Å². The van der Waals surface area contributed by atoms with Gasteiger partial charge in [0.15, 0.2) is 11.3 Å². The van der Waals surface area contributed by atoms with E-state index in [2.05, 4.69) is 0 Å². The van der Waals surface area contributed by atoms with Crippen LogP contribution >= 0.6 is 0 Å². The fourth-order valence-corrected chi connectivity index (χ4v) is 5.43. The van der Waals surface area contributed by atoms with Crippen molar-refractivity contribution in [2.45, 2.75) is 44.6 Å². The van der Waals surface area contributed by atoms with Gasteiger partial charge in [0.2, 0.25) is 0 Å². The molecule has 1 spiro atoms. The summed E-state index contributed by atoms with van der Waals surface area (Å²) in [4.78, 5) is 44.5. The number of carbonyl (C=O) groups is 3. The fourth-order valence-electron chi connectivity index (χ4n) is 5.43. The fraction of sp³-hybridized carbons (Fsp3) is 0.393. The molecule has 0 saturated carbocycles. The van der Waals surface area contributed by atoms with E-state index >= 15 is 0 Å². The molecule has 35 heavy (non-hydrogen) atoms. The van der Waals surface area contributed by atoms with Gasteiger partial charge in [0.05, 0.1) is 5.57 Å². The van der Waals surface area contributed by atoms with E-state index in [1.54, 1.807) is 19.1 Å². The second-order valence-corrected chi connectivity index (χ2v) is 9.63. The number of likely N-dealkylation sites (tertiary alicyclic amines) is 1. The minimum absolute atomic E-state index is 0.0583. The molecule has 0 bridgehead atoms. The lowest BCUT2D eigenvalue weighted by molar-refractivity contribution is -0.144. The molecular weight excluding hydrogens is 447 g/mol. The van der Waals surface area contributed by atoms with E-state index in [4.69, 9.17) is 0 Å². The van der Waals surface area contributed by atoms with Crippen LogP contribution in [0.4, 0.5) is 4.39 Å². The highest BCUT2D eigenvalue weighted by molar-refractivity contribution is 6.49. The van der Waals surface area contributed by atoms with Gasteiger partial charge in [-0.1, -0.05) is 49.7 Å². The third-order valence-corrected chi connectivity index (χ3v) is 7.08. The highest BCUT2D eigenvalue weighted by Crippen LogP contribution is 2.55. The van der Waals surface area contributed by atoms with Crippen molar-refractivity contribution >= 4 is 23.2 Å². The number of aliphatic hydroxyl groups excluding tert-OH is 1. The summed E-state index contributed by atoms with van der Waals surface area (Å²) in [5.41, 5.74) is -0.260. The van der Waals surface area contributed by atoms with Crippen LogP contribution in [0.3, 0.4) is 0 Å². The highest BCUT2D eigenvalue weighted by Gasteiger charge is 2.66. The topological polar surface area (TPSA) is 77.9 Å². The predicted octanol–water partition coefficient (Wildman–Crippen LogP) is 4.13. The number of aliphatic hydroxyl groups is 1. The van der Waals surface area contributed by atoms with E-state index in [1.165, 1.54) is 17.0 Å². The van der Waals surface area contributed by atoms with E-state index in [0.29, 0.717) is 30.5 Å². The largest absolute Gasteiger partial charge is 0.507 e. The van der Waals surface area contributed by atoms with Crippen LogP contribution in [-0.2, 0) is 19.9 Å². The second-order valence-electron chi connectivity index (χ2n) is 9.63. The molecule has 1 aliphatic carbocycles. The normalized spacial score (nSPS) is 23.1. The first-order valence-corrected chi connectivity index (χ1v) is 12.0. The Bertz CT molecular complexity index is 1240. The molecule has 0 aromatic heterocycles. The number of Topliss-reactive ketones (excluding diaryl/α,β-unsaturated/α-hetero) is 2. The van der Waals surface area contributed by atoms with Crippen molar-refractivity contribution in [3.8, 4) is 0 Å². The molecule has 1 aliphatic heterocycles. The minimum atomic E-state index is -1.73. The van der Waals surface area contributed by atoms with Gasteiger partial charge in [-0.3, -0.25) is 14.4 Å². The number of hydrogen-bond donors (Lipinski definition) is 1. The Kier molecular flexibility index (Phi) is 6.64. The summed E-state index contributed by atoms with van der Waals surface area (Å²) in [7, 11) is 3.81. The SMILES string of the molecule is CCCC1C(=O)[C@]2(/C(=C(\O)c3ccc(C)c(F)c3)C(=O)C(=O)N2CCCN(C)C)c2ccccc21. The zero-order valence-corrected chi connectivity index (χ0v) is 20.6. The van der Waals surface area contributed by atoms with E-state index in [1.807, 2.05) is 38.1 Å². The van der Waals surface area contributed by atoms with Crippen LogP contribution in [-0.4, -0.2) is 59.6 Å². The maximum absolute atomic E-state index is 14.4. The molecule has 4 rings (SSSR count). The number of benzene rings is 2. The summed E-state index contributed by atoms with van der Waals surface area (Å²) in [6.45, 7) is 4.38. The predicted molar refractivity (Wildman–Crippen MR) is 131 cm³/mol. The van der Waals surface area contributed by atoms with Crippen LogP contribution in [0.15, 0.2) is 48.0 Å². The van der Waals surface area contributed by atoms with Gasteiger partial charge >= 0.3 is 0 Å². The van der Waals surface area contributed by atoms with Crippen molar-refractivity contribution < 1.29 is 23.9 Å². The maximum atomic E-state index is 14.4. The van der Waals surface area contributed by atoms with Crippen LogP contribution in [0.5, 0.6) is 0 Å². The van der Waals surface area contributed by atoms with E-state index < -0.39 is 34.7 Å². The Hall–Kier alpha value is -3.32. The van der Waals surface area contributed by atoms with E-state index in [-0.39, 0.29) is 23.5 Å². The van der Waals surface area contributed by atoms with Crippen molar-refractivity contribution in [2.24, 2.45) is 0 Å². The van der Waals surface area contributed by atoms with Crippen LogP contribution in [0, 0.1) is 12.7 Å². The summed E-state index contributed by atoms with van der Waals surface area (Å²) in [6, 6.07) is 11.3. The van der Waals surface area contributed by atoms with Crippen LogP contribution in [0.25, 0.3) is 5.76 Å². The number of hydrogen-bond acceptors (Lipinski definition) is 5. The molecule has 2 aromatic rings. The van der Waals surface area contributed by atoms with Gasteiger partial charge < -0.3 is 14.9 Å². The Balaban J connectivity index is 2.01. The second kappa shape index (κ2) is 9.38. The number of aryl methyl sites for hydroxylation is 1. The molecule has 2 aromatic carbocycles. The molecule has 1 amide bonds. The average molecular weight is 479 g/mol. The summed E-state index contributed by atoms with van der Waals surface area (Å²) < 4.78 is 14.4. The first-order valence-electron chi connectivity index (χ1n) is 12.0. The number of nitrogens with zero attached hydrogens (tertiary/aromatic N) is 2. The number of ketones is 2. The van der Waals surface area contributed by atoms with Gasteiger partial charge in [-0.25, -0.2) is 4.39 Å². The van der Waals surface area contributed by atoms with E-state index in [9.17, 15) is 23.9 Å². The first kappa shape index (κ1) is 24.8. The molecule has 1 unspecified atom stereocenters. The van der Waals surface area contributed by atoms with Gasteiger partial charge in [0.25, 0.3) is 11.7 Å². The zero-order chi connectivity index (χ0) is 25.5. The summed E-state index contributed by atoms with van der Waals surface area (Å²) in [6.07, 6.45) is 1.82. The van der Waals surface area contributed by atoms with Crippen molar-refractivity contribution in [3.63, 3.8) is 0 Å². The molecule has 2 atom stereocenters. The summed E-state index contributed by atoms with van der Waals surface area (Å²) in [5, 5.41) is 11.4. The summed E-state index contributed by atoms with van der Waals surface area (Å²) in [5.74, 6) is -3.63. The summed E-state index contributed by atoms with van der Waals surface area (Å²) >= 11 is 0. The van der Waals surface area contributed by atoms with Crippen molar-refractivity contribution in [1.29, 1.82) is 0 Å². The van der Waals surface area contributed by atoms with Gasteiger partial charge in [0.1, 0.15) is 11.6 Å². The van der Waals surface area contributed by atoms with Crippen molar-refractivity contribution in [3.05, 3.63) is 76.1 Å². The maximum Gasteiger partial charge on any atom is 0.296 e. The first-order chi connectivity index (χ1) is 16.7. The minimum Gasteiger partial charge on any atom is -0.507 e. The van der Waals surface area contributed by atoms with Crippen molar-refractivity contribution in [1.82, 2.24) is 9.80 Å².